The third kappa shape index (κ3) is 2.17. The molecule has 1 aromatic carbocycles. The van der Waals surface area contributed by atoms with Crippen LogP contribution in [0.5, 0.6) is 5.75 Å². The first-order valence-corrected chi connectivity index (χ1v) is 9.42. The fraction of sp³-hybridized carbons (Fsp3) is 0.562. The van der Waals surface area contributed by atoms with Crippen LogP contribution in [0.25, 0.3) is 0 Å². The number of morpholine rings is 1. The van der Waals surface area contributed by atoms with Crippen molar-refractivity contribution >= 4 is 15.9 Å². The Hall–Kier alpha value is -1.64. The standard InChI is InChI=1S/C16H20N2O5S/c1-17-9-16-10-18(8-13(23-16)7-14(16)24(17,20)21)15(19)11-4-3-5-12(6-11)22-2/h3-6,13-14H,7-10H2,1-2H3/t13-,14+,16-/m1/s1. The first-order valence-electron chi connectivity index (χ1n) is 7.92. The van der Waals surface area contributed by atoms with Crippen molar-refractivity contribution in [3.05, 3.63) is 29.8 Å². The van der Waals surface area contributed by atoms with Crippen molar-refractivity contribution < 1.29 is 22.7 Å². The molecule has 3 atom stereocenters. The number of carbonyl (C=O) groups is 1. The molecule has 1 spiro atoms. The molecule has 0 radical (unpaired) electrons. The summed E-state index contributed by atoms with van der Waals surface area (Å²) in [5, 5.41) is -0.553. The summed E-state index contributed by atoms with van der Waals surface area (Å²) in [6, 6.07) is 7.00. The van der Waals surface area contributed by atoms with Gasteiger partial charge < -0.3 is 14.4 Å². The molecule has 4 rings (SSSR count). The Morgan fingerprint density at radius 1 is 1.38 bits per heavy atom. The van der Waals surface area contributed by atoms with Crippen molar-refractivity contribution in [2.75, 3.05) is 33.8 Å². The molecule has 0 aliphatic carbocycles. The molecular weight excluding hydrogens is 332 g/mol. The second kappa shape index (κ2) is 5.18. The Balaban J connectivity index is 1.63. The minimum Gasteiger partial charge on any atom is -0.497 e. The molecule has 0 saturated carbocycles. The second-order valence-corrected chi connectivity index (χ2v) is 8.97. The number of rotatable bonds is 2. The lowest BCUT2D eigenvalue weighted by molar-refractivity contribution is -0.0966. The van der Waals surface area contributed by atoms with Gasteiger partial charge in [-0.3, -0.25) is 4.79 Å². The van der Waals surface area contributed by atoms with E-state index in [9.17, 15) is 13.2 Å². The van der Waals surface area contributed by atoms with Gasteiger partial charge in [0.05, 0.1) is 19.8 Å². The van der Waals surface area contributed by atoms with Crippen LogP contribution in [-0.4, -0.2) is 74.3 Å². The van der Waals surface area contributed by atoms with Gasteiger partial charge in [0.1, 0.15) is 16.6 Å². The second-order valence-electron chi connectivity index (χ2n) is 6.75. The van der Waals surface area contributed by atoms with Crippen LogP contribution in [0.2, 0.25) is 0 Å². The molecule has 0 aromatic heterocycles. The van der Waals surface area contributed by atoms with Crippen LogP contribution in [0, 0.1) is 0 Å². The lowest BCUT2D eigenvalue weighted by Crippen LogP contribution is -2.56. The molecule has 1 amide bonds. The first-order chi connectivity index (χ1) is 11.4. The number of benzene rings is 1. The highest BCUT2D eigenvalue weighted by Gasteiger charge is 2.64. The molecular formula is C16H20N2O5S. The predicted octanol–water partition coefficient (Wildman–Crippen LogP) is 0.323. The minimum atomic E-state index is -3.34. The Morgan fingerprint density at radius 3 is 2.92 bits per heavy atom. The van der Waals surface area contributed by atoms with Gasteiger partial charge in [-0.15, -0.1) is 0 Å². The number of sulfonamides is 1. The third-order valence-corrected chi connectivity index (χ3v) is 7.57. The maximum Gasteiger partial charge on any atom is 0.254 e. The number of fused-ring (bicyclic) bond motifs is 1. The minimum absolute atomic E-state index is 0.117. The molecule has 24 heavy (non-hydrogen) atoms. The Bertz CT molecular complexity index is 795. The molecule has 8 heteroatoms. The van der Waals surface area contributed by atoms with E-state index in [0.29, 0.717) is 37.4 Å². The van der Waals surface area contributed by atoms with Crippen LogP contribution in [0.3, 0.4) is 0 Å². The summed E-state index contributed by atoms with van der Waals surface area (Å²) in [5.74, 6) is 0.505. The molecule has 7 nitrogen and oxygen atoms in total. The molecule has 1 aromatic rings. The van der Waals surface area contributed by atoms with Gasteiger partial charge in [-0.25, -0.2) is 12.7 Å². The topological polar surface area (TPSA) is 76.2 Å². The van der Waals surface area contributed by atoms with E-state index in [-0.39, 0.29) is 12.0 Å². The molecule has 3 heterocycles. The van der Waals surface area contributed by atoms with E-state index in [4.69, 9.17) is 9.47 Å². The highest BCUT2D eigenvalue weighted by Crippen LogP contribution is 2.46. The number of nitrogens with zero attached hydrogens (tertiary/aromatic N) is 2. The van der Waals surface area contributed by atoms with E-state index in [2.05, 4.69) is 0 Å². The summed E-state index contributed by atoms with van der Waals surface area (Å²) in [4.78, 5) is 14.6. The summed E-state index contributed by atoms with van der Waals surface area (Å²) in [5.41, 5.74) is -0.261. The number of likely N-dealkylation sites (tertiary alicyclic amines) is 1. The van der Waals surface area contributed by atoms with Crippen LogP contribution in [0.1, 0.15) is 16.8 Å². The van der Waals surface area contributed by atoms with Gasteiger partial charge in [0.25, 0.3) is 5.91 Å². The van der Waals surface area contributed by atoms with Crippen molar-refractivity contribution in [2.24, 2.45) is 0 Å². The smallest absolute Gasteiger partial charge is 0.254 e. The fourth-order valence-corrected chi connectivity index (χ4v) is 6.19. The van der Waals surface area contributed by atoms with E-state index >= 15 is 0 Å². The zero-order valence-electron chi connectivity index (χ0n) is 13.6. The normalized spacial score (nSPS) is 34.2. The lowest BCUT2D eigenvalue weighted by atomic mass is 9.99. The van der Waals surface area contributed by atoms with Crippen molar-refractivity contribution in [1.82, 2.24) is 9.21 Å². The summed E-state index contributed by atoms with van der Waals surface area (Å²) >= 11 is 0. The molecule has 3 aliphatic heterocycles. The van der Waals surface area contributed by atoms with Crippen LogP contribution in [0.4, 0.5) is 0 Å². The molecule has 2 bridgehead atoms. The van der Waals surface area contributed by atoms with Gasteiger partial charge in [-0.2, -0.15) is 0 Å². The molecule has 0 unspecified atom stereocenters. The molecule has 0 N–H and O–H groups in total. The van der Waals surface area contributed by atoms with Gasteiger partial charge in [0.15, 0.2) is 0 Å². The van der Waals surface area contributed by atoms with Crippen molar-refractivity contribution in [2.45, 2.75) is 23.4 Å². The van der Waals surface area contributed by atoms with Gasteiger partial charge in [0, 0.05) is 25.7 Å². The maximum absolute atomic E-state index is 12.9. The van der Waals surface area contributed by atoms with Crippen molar-refractivity contribution in [1.29, 1.82) is 0 Å². The number of hydrogen-bond acceptors (Lipinski definition) is 5. The Kier molecular flexibility index (Phi) is 3.42. The zero-order chi connectivity index (χ0) is 17.1. The number of methoxy groups -OCH3 is 1. The van der Waals surface area contributed by atoms with Crippen LogP contribution < -0.4 is 4.74 Å². The molecule has 3 aliphatic rings. The van der Waals surface area contributed by atoms with Crippen LogP contribution in [0.15, 0.2) is 24.3 Å². The van der Waals surface area contributed by atoms with Gasteiger partial charge in [0.2, 0.25) is 10.0 Å². The van der Waals surface area contributed by atoms with Crippen molar-refractivity contribution in [3.8, 4) is 5.75 Å². The average molecular weight is 352 g/mol. The highest BCUT2D eigenvalue weighted by molar-refractivity contribution is 7.90. The molecule has 3 fully saturated rings. The average Bonchev–Trinajstić information content (AvgIpc) is 2.92. The third-order valence-electron chi connectivity index (χ3n) is 5.24. The van der Waals surface area contributed by atoms with Gasteiger partial charge >= 0.3 is 0 Å². The monoisotopic (exact) mass is 352 g/mol. The quantitative estimate of drug-likeness (QED) is 0.766. The number of likely N-dealkylation sites (N-methyl/N-ethyl adjacent to an activating group) is 1. The fourth-order valence-electron chi connectivity index (χ4n) is 4.15. The molecule has 3 saturated heterocycles. The Labute approximate surface area is 141 Å². The Morgan fingerprint density at radius 2 is 2.17 bits per heavy atom. The van der Waals surface area contributed by atoms with Crippen LogP contribution >= 0.6 is 0 Å². The molecule has 130 valence electrons. The summed E-state index contributed by atoms with van der Waals surface area (Å²) in [6.07, 6.45) is 0.232. The van der Waals surface area contributed by atoms with Gasteiger partial charge in [-0.1, -0.05) is 6.07 Å². The number of hydrogen-bond donors (Lipinski definition) is 0. The van der Waals surface area contributed by atoms with Crippen molar-refractivity contribution in [3.63, 3.8) is 0 Å². The SMILES string of the molecule is COc1cccc(C(=O)N2C[C@H]3C[C@H]4[C@](C2)(CN(C)S4(=O)=O)O3)c1. The number of ether oxygens (including phenoxy) is 2. The summed E-state index contributed by atoms with van der Waals surface area (Å²) in [7, 11) is -0.210. The largest absolute Gasteiger partial charge is 0.497 e. The van der Waals surface area contributed by atoms with E-state index < -0.39 is 20.9 Å². The number of carbonyl (C=O) groups excluding carboxylic acids is 1. The summed E-state index contributed by atoms with van der Waals surface area (Å²) in [6.45, 7) is 1.03. The first kappa shape index (κ1) is 15.9. The maximum atomic E-state index is 12.9. The number of amides is 1. The predicted molar refractivity (Wildman–Crippen MR) is 86.5 cm³/mol. The summed E-state index contributed by atoms with van der Waals surface area (Å²) < 4.78 is 37.5. The lowest BCUT2D eigenvalue weighted by Gasteiger charge is -2.39. The van der Waals surface area contributed by atoms with Gasteiger partial charge in [-0.05, 0) is 24.6 Å². The van der Waals surface area contributed by atoms with E-state index in [1.54, 1.807) is 43.3 Å². The van der Waals surface area contributed by atoms with Crippen LogP contribution in [-0.2, 0) is 14.8 Å². The highest BCUT2D eigenvalue weighted by atomic mass is 32.2. The van der Waals surface area contributed by atoms with E-state index in [1.165, 1.54) is 4.31 Å². The van der Waals surface area contributed by atoms with E-state index in [0.717, 1.165) is 0 Å². The van der Waals surface area contributed by atoms with E-state index in [1.807, 2.05) is 0 Å². The zero-order valence-corrected chi connectivity index (χ0v) is 14.5.